The standard InChI is InChI=1S/C21H29NO6/c1-19(2)20(3)9-10-21(19,18(26)28-13-20)17(25)22-12-14(16(24)27-4)7-8-15(22)6-5-11-23/h11-12,15H,5-10,13H2,1-4H3/t15-,20-,21-/m0/s1. The number of cyclic esters (lactones) is 1. The molecule has 1 amide bonds. The summed E-state index contributed by atoms with van der Waals surface area (Å²) in [6.07, 6.45) is 5.31. The molecule has 1 saturated heterocycles. The first-order valence-corrected chi connectivity index (χ1v) is 9.87. The van der Waals surface area contributed by atoms with Gasteiger partial charge in [0.2, 0.25) is 5.91 Å². The molecule has 0 unspecified atom stereocenters. The summed E-state index contributed by atoms with van der Waals surface area (Å²) in [5.41, 5.74) is -1.75. The molecule has 2 bridgehead atoms. The van der Waals surface area contributed by atoms with Gasteiger partial charge >= 0.3 is 11.9 Å². The van der Waals surface area contributed by atoms with E-state index in [4.69, 9.17) is 9.47 Å². The van der Waals surface area contributed by atoms with Gasteiger partial charge in [-0.1, -0.05) is 20.8 Å². The molecular formula is C21H29NO6. The van der Waals surface area contributed by atoms with Crippen LogP contribution in [0.3, 0.4) is 0 Å². The lowest BCUT2D eigenvalue weighted by Gasteiger charge is -2.51. The Morgan fingerprint density at radius 3 is 2.68 bits per heavy atom. The summed E-state index contributed by atoms with van der Waals surface area (Å²) in [6.45, 7) is 6.30. The number of methoxy groups -OCH3 is 1. The Morgan fingerprint density at radius 2 is 2.04 bits per heavy atom. The quantitative estimate of drug-likeness (QED) is 0.406. The van der Waals surface area contributed by atoms with Crippen molar-refractivity contribution >= 4 is 24.1 Å². The number of hydrogen-bond acceptors (Lipinski definition) is 6. The number of esters is 2. The van der Waals surface area contributed by atoms with Gasteiger partial charge in [-0.3, -0.25) is 9.59 Å². The predicted molar refractivity (Wildman–Crippen MR) is 99.8 cm³/mol. The fourth-order valence-corrected chi connectivity index (χ4v) is 5.10. The fraction of sp³-hybridized carbons (Fsp3) is 0.714. The zero-order chi connectivity index (χ0) is 20.7. The van der Waals surface area contributed by atoms with Crippen molar-refractivity contribution in [3.05, 3.63) is 11.8 Å². The van der Waals surface area contributed by atoms with Crippen molar-refractivity contribution < 1.29 is 28.7 Å². The topological polar surface area (TPSA) is 90.0 Å². The highest BCUT2D eigenvalue weighted by Gasteiger charge is 2.72. The van der Waals surface area contributed by atoms with Crippen LogP contribution < -0.4 is 0 Å². The summed E-state index contributed by atoms with van der Waals surface area (Å²) < 4.78 is 10.3. The van der Waals surface area contributed by atoms with E-state index in [2.05, 4.69) is 6.92 Å². The predicted octanol–water partition coefficient (Wildman–Crippen LogP) is 2.38. The van der Waals surface area contributed by atoms with Crippen LogP contribution in [0.1, 0.15) is 59.3 Å². The van der Waals surface area contributed by atoms with Crippen molar-refractivity contribution in [1.29, 1.82) is 0 Å². The average Bonchev–Trinajstić information content (AvgIpc) is 2.79. The first-order valence-electron chi connectivity index (χ1n) is 9.87. The van der Waals surface area contributed by atoms with Gasteiger partial charge in [-0.15, -0.1) is 0 Å². The average molecular weight is 391 g/mol. The van der Waals surface area contributed by atoms with Gasteiger partial charge in [-0.2, -0.15) is 0 Å². The van der Waals surface area contributed by atoms with Crippen LogP contribution in [0.4, 0.5) is 0 Å². The number of carbonyl (C=O) groups excluding carboxylic acids is 4. The number of fused-ring (bicyclic) bond motifs is 2. The molecule has 0 aromatic carbocycles. The lowest BCUT2D eigenvalue weighted by Crippen LogP contribution is -2.61. The van der Waals surface area contributed by atoms with Gasteiger partial charge in [-0.05, 0) is 37.5 Å². The van der Waals surface area contributed by atoms with E-state index in [9.17, 15) is 19.2 Å². The SMILES string of the molecule is COC(=O)C1=CN(C(=O)[C@@]23CC[C@@](C)(COC2=O)C3(C)C)[C@@H](CCC=O)CC1. The molecule has 0 aromatic heterocycles. The molecule has 2 aliphatic heterocycles. The van der Waals surface area contributed by atoms with Crippen molar-refractivity contribution in [2.24, 2.45) is 16.2 Å². The van der Waals surface area contributed by atoms with Crippen LogP contribution in [0.25, 0.3) is 0 Å². The highest BCUT2D eigenvalue weighted by atomic mass is 16.5. The Bertz CT molecular complexity index is 741. The van der Waals surface area contributed by atoms with Crippen molar-refractivity contribution in [1.82, 2.24) is 4.90 Å². The highest BCUT2D eigenvalue weighted by molar-refractivity contribution is 6.05. The van der Waals surface area contributed by atoms with Gasteiger partial charge in [0, 0.05) is 24.1 Å². The Labute approximate surface area is 165 Å². The maximum atomic E-state index is 13.9. The largest absolute Gasteiger partial charge is 0.466 e. The number of hydrogen-bond donors (Lipinski definition) is 0. The first kappa shape index (κ1) is 20.6. The minimum absolute atomic E-state index is 0.238. The molecule has 0 aromatic rings. The lowest BCUT2D eigenvalue weighted by molar-refractivity contribution is -0.193. The Kier molecular flexibility index (Phi) is 5.15. The number of nitrogens with zero attached hydrogens (tertiary/aromatic N) is 1. The van der Waals surface area contributed by atoms with E-state index in [0.717, 1.165) is 12.7 Å². The molecule has 0 N–H and O–H groups in total. The first-order chi connectivity index (χ1) is 13.1. The molecule has 7 nitrogen and oxygen atoms in total. The number of ether oxygens (including phenoxy) is 2. The second-order valence-electron chi connectivity index (χ2n) is 8.96. The van der Waals surface area contributed by atoms with Crippen LogP contribution in [0.5, 0.6) is 0 Å². The number of amides is 1. The Morgan fingerprint density at radius 1 is 1.32 bits per heavy atom. The van der Waals surface area contributed by atoms with Crippen molar-refractivity contribution in [2.75, 3.05) is 13.7 Å². The maximum absolute atomic E-state index is 13.9. The summed E-state index contributed by atoms with van der Waals surface area (Å²) in [5.74, 6) is -1.29. The van der Waals surface area contributed by atoms with Gasteiger partial charge in [0.25, 0.3) is 0 Å². The van der Waals surface area contributed by atoms with E-state index in [0.29, 0.717) is 44.3 Å². The Hall–Kier alpha value is -2.18. The summed E-state index contributed by atoms with van der Waals surface area (Å²) in [7, 11) is 1.30. The molecule has 2 fully saturated rings. The number of aldehydes is 1. The van der Waals surface area contributed by atoms with E-state index in [1.165, 1.54) is 18.2 Å². The third-order valence-corrected chi connectivity index (χ3v) is 7.60. The Balaban J connectivity index is 2.04. The molecule has 7 heteroatoms. The highest BCUT2D eigenvalue weighted by Crippen LogP contribution is 2.66. The van der Waals surface area contributed by atoms with E-state index < -0.39 is 22.8 Å². The third kappa shape index (κ3) is 2.70. The van der Waals surface area contributed by atoms with Gasteiger partial charge in [0.05, 0.1) is 19.3 Å². The molecule has 0 radical (unpaired) electrons. The molecule has 3 rings (SSSR count). The van der Waals surface area contributed by atoms with Crippen molar-refractivity contribution in [3.63, 3.8) is 0 Å². The number of rotatable bonds is 5. The molecule has 0 spiro atoms. The number of carbonyl (C=O) groups is 4. The minimum atomic E-state index is -1.28. The van der Waals surface area contributed by atoms with Crippen LogP contribution >= 0.6 is 0 Å². The lowest BCUT2D eigenvalue weighted by atomic mass is 9.57. The summed E-state index contributed by atoms with van der Waals surface area (Å²) >= 11 is 0. The van der Waals surface area contributed by atoms with Crippen LogP contribution in [0, 0.1) is 16.2 Å². The summed E-state index contributed by atoms with van der Waals surface area (Å²) in [5, 5.41) is 0. The van der Waals surface area contributed by atoms with E-state index in [1.807, 2.05) is 13.8 Å². The van der Waals surface area contributed by atoms with E-state index in [1.54, 1.807) is 0 Å². The summed E-state index contributed by atoms with van der Waals surface area (Å²) in [6, 6.07) is -0.238. The fourth-order valence-electron chi connectivity index (χ4n) is 5.10. The van der Waals surface area contributed by atoms with Gasteiger partial charge in [0.1, 0.15) is 6.29 Å². The van der Waals surface area contributed by atoms with Crippen molar-refractivity contribution in [2.45, 2.75) is 65.3 Å². The molecule has 28 heavy (non-hydrogen) atoms. The van der Waals surface area contributed by atoms with E-state index >= 15 is 0 Å². The third-order valence-electron chi connectivity index (χ3n) is 7.60. The second-order valence-corrected chi connectivity index (χ2v) is 8.96. The summed E-state index contributed by atoms with van der Waals surface area (Å²) in [4.78, 5) is 51.3. The van der Waals surface area contributed by atoms with Gasteiger partial charge in [-0.25, -0.2) is 4.79 Å². The smallest absolute Gasteiger partial charge is 0.335 e. The molecule has 154 valence electrons. The van der Waals surface area contributed by atoms with Crippen LogP contribution in [0.15, 0.2) is 11.8 Å². The van der Waals surface area contributed by atoms with Gasteiger partial charge < -0.3 is 19.2 Å². The van der Waals surface area contributed by atoms with Crippen LogP contribution in [-0.2, 0) is 28.7 Å². The molecule has 1 aliphatic carbocycles. The molecule has 3 atom stereocenters. The van der Waals surface area contributed by atoms with Crippen LogP contribution in [-0.4, -0.2) is 48.8 Å². The molecule has 2 heterocycles. The zero-order valence-corrected chi connectivity index (χ0v) is 17.1. The minimum Gasteiger partial charge on any atom is -0.466 e. The van der Waals surface area contributed by atoms with Crippen molar-refractivity contribution in [3.8, 4) is 0 Å². The zero-order valence-electron chi connectivity index (χ0n) is 17.1. The monoisotopic (exact) mass is 391 g/mol. The molecule has 1 saturated carbocycles. The van der Waals surface area contributed by atoms with Gasteiger partial charge in [0.15, 0.2) is 5.41 Å². The second kappa shape index (κ2) is 7.01. The van der Waals surface area contributed by atoms with Crippen LogP contribution in [0.2, 0.25) is 0 Å². The maximum Gasteiger partial charge on any atom is 0.335 e. The van der Waals surface area contributed by atoms with E-state index in [-0.39, 0.29) is 17.4 Å². The molecule has 3 aliphatic rings. The normalized spacial score (nSPS) is 33.7. The molecular weight excluding hydrogens is 362 g/mol.